The first-order valence-electron chi connectivity index (χ1n) is 8.21. The van der Waals surface area contributed by atoms with Crippen molar-refractivity contribution in [2.45, 2.75) is 25.1 Å². The Hall–Kier alpha value is -0.820. The van der Waals surface area contributed by atoms with Gasteiger partial charge in [0.25, 0.3) is 0 Å². The van der Waals surface area contributed by atoms with Gasteiger partial charge in [-0.15, -0.1) is 0 Å². The third kappa shape index (κ3) is 1.67. The van der Waals surface area contributed by atoms with Gasteiger partial charge in [0.2, 0.25) is 0 Å². The predicted octanol–water partition coefficient (Wildman–Crippen LogP) is 2.50. The second-order valence-corrected chi connectivity index (χ2v) is 2.37. The van der Waals surface area contributed by atoms with Crippen LogP contribution in [-0.2, 0) is 0 Å². The van der Waals surface area contributed by atoms with Crippen LogP contribution in [0.1, 0.15) is 41.7 Å². The van der Waals surface area contributed by atoms with Crippen molar-refractivity contribution >= 4 is 0 Å². The molecule has 1 fully saturated rings. The van der Waals surface area contributed by atoms with Crippen LogP contribution in [0.5, 0.6) is 0 Å². The minimum atomic E-state index is -3.11. The van der Waals surface area contributed by atoms with E-state index < -0.39 is 31.7 Å². The minimum Gasteiger partial charge on any atom is -0.310 e. The second kappa shape index (κ2) is 3.72. The molecule has 12 heavy (non-hydrogen) atoms. The Morgan fingerprint density at radius 3 is 3.08 bits per heavy atom. The number of hydrogen-bond donors (Lipinski definition) is 1. The molecule has 0 aliphatic carbocycles. The van der Waals surface area contributed by atoms with Gasteiger partial charge in [-0.05, 0) is 24.8 Å². The van der Waals surface area contributed by atoms with E-state index in [0.717, 1.165) is 0 Å². The Kier molecular flexibility index (Phi) is 0.801. The molecule has 1 heterocycles. The van der Waals surface area contributed by atoms with Gasteiger partial charge in [0.15, 0.2) is 0 Å². The largest absolute Gasteiger partial charge is 0.310 e. The van der Waals surface area contributed by atoms with Crippen LogP contribution < -0.4 is 5.31 Å². The van der Waals surface area contributed by atoms with Crippen molar-refractivity contribution in [3.8, 4) is 0 Å². The Morgan fingerprint density at radius 1 is 1.42 bits per heavy atom. The molecular weight excluding hydrogens is 146 g/mol. The summed E-state index contributed by atoms with van der Waals surface area (Å²) >= 11 is 0. The zero-order valence-electron chi connectivity index (χ0n) is 15.4. The number of rotatable bonds is 1. The summed E-state index contributed by atoms with van der Waals surface area (Å²) in [7, 11) is 0. The molecule has 0 spiro atoms. The molecule has 0 aromatic heterocycles. The topological polar surface area (TPSA) is 12.0 Å². The van der Waals surface area contributed by atoms with Crippen LogP contribution in [0.2, 0.25) is 1.41 Å². The maximum atomic E-state index is 8.37. The van der Waals surface area contributed by atoms with Gasteiger partial charge in [-0.1, -0.05) is 36.7 Å². The molecule has 0 amide bonds. The highest BCUT2D eigenvalue weighted by Gasteiger charge is 2.13. The molecule has 1 nitrogen and oxygen atoms in total. The number of benzene rings is 1. The summed E-state index contributed by atoms with van der Waals surface area (Å²) < 4.78 is 71.0. The summed E-state index contributed by atoms with van der Waals surface area (Å²) in [6.45, 7) is -2.03. The van der Waals surface area contributed by atoms with Gasteiger partial charge in [-0.3, -0.25) is 0 Å². The van der Waals surface area contributed by atoms with Crippen molar-refractivity contribution in [3.63, 3.8) is 0 Å². The van der Waals surface area contributed by atoms with Gasteiger partial charge >= 0.3 is 0 Å². The van der Waals surface area contributed by atoms with Gasteiger partial charge in [0.05, 0.1) is 1.37 Å². The SMILES string of the molecule is [2H]C1N([2H])C([2H])(c2ccccc2)C([2H])([2H])C([2H])([2H])C1([2H])[2H]. The molecule has 1 saturated heterocycles. The van der Waals surface area contributed by atoms with Gasteiger partial charge in [0, 0.05) is 15.6 Å². The fourth-order valence-corrected chi connectivity index (χ4v) is 0.999. The third-order valence-corrected chi connectivity index (χ3v) is 1.56. The van der Waals surface area contributed by atoms with Gasteiger partial charge in [0.1, 0.15) is 1.41 Å². The van der Waals surface area contributed by atoms with Crippen molar-refractivity contribution in [1.29, 1.82) is 0 Å². The van der Waals surface area contributed by atoms with E-state index in [1.54, 1.807) is 6.07 Å². The number of piperidine rings is 1. The Bertz CT molecular complexity index is 532. The average molecular weight is 170 g/mol. The fraction of sp³-hybridized carbons (Fsp3) is 0.455. The van der Waals surface area contributed by atoms with Crippen LogP contribution in [0, 0.1) is 0 Å². The zero-order chi connectivity index (χ0) is 16.3. The molecule has 1 aromatic rings. The molecule has 2 atom stereocenters. The van der Waals surface area contributed by atoms with Gasteiger partial charge in [-0.2, -0.15) is 0 Å². The average Bonchev–Trinajstić information content (AvgIpc) is 2.44. The highest BCUT2D eigenvalue weighted by atomic mass is 14.9. The second-order valence-electron chi connectivity index (χ2n) is 2.37. The lowest BCUT2D eigenvalue weighted by Gasteiger charge is -2.23. The molecule has 2 unspecified atom stereocenters. The summed E-state index contributed by atoms with van der Waals surface area (Å²) in [6.07, 6.45) is -9.08. The van der Waals surface area contributed by atoms with E-state index >= 15 is 0 Å². The molecule has 0 bridgehead atoms. The maximum Gasteiger partial charge on any atom is 0.123 e. The minimum absolute atomic E-state index is 0.00150. The first-order valence-corrected chi connectivity index (χ1v) is 3.68. The lowest BCUT2D eigenvalue weighted by molar-refractivity contribution is 0.412. The van der Waals surface area contributed by atoms with E-state index in [0.29, 0.717) is 0 Å². The lowest BCUT2D eigenvalue weighted by atomic mass is 9.98. The van der Waals surface area contributed by atoms with Crippen molar-refractivity contribution in [3.05, 3.63) is 35.9 Å². The van der Waals surface area contributed by atoms with E-state index in [2.05, 4.69) is 0 Å². The summed E-state index contributed by atoms with van der Waals surface area (Å²) in [5.41, 5.74) is 0.00150. The zero-order valence-corrected chi connectivity index (χ0v) is 6.41. The molecule has 2 rings (SSSR count). The van der Waals surface area contributed by atoms with E-state index in [1.165, 1.54) is 24.3 Å². The Labute approximate surface area is 86.5 Å². The summed E-state index contributed by atoms with van der Waals surface area (Å²) in [5.74, 6) is 0. The Morgan fingerprint density at radius 2 is 2.25 bits per heavy atom. The number of nitrogens with one attached hydrogen (secondary N) is 1. The molecular formula is C11H15N. The molecule has 1 aromatic carbocycles. The van der Waals surface area contributed by atoms with Crippen molar-refractivity contribution < 1.29 is 12.4 Å². The Balaban J connectivity index is 2.72. The fourth-order valence-electron chi connectivity index (χ4n) is 0.999. The molecule has 1 N–H and O–H groups in total. The molecule has 64 valence electrons. The standard InChI is InChI=1S/C11H15N/c1-2-6-10(7-3-1)11-8-4-5-9-12-11/h1-3,6-7,11-12H,4-5,8-9H2/i4D2,5D2,8D2,9D,11D/hD. The van der Waals surface area contributed by atoms with Crippen molar-refractivity contribution in [2.24, 2.45) is 0 Å². The van der Waals surface area contributed by atoms with Crippen LogP contribution in [0.25, 0.3) is 0 Å². The summed E-state index contributed by atoms with van der Waals surface area (Å²) in [4.78, 5) is 0. The van der Waals surface area contributed by atoms with E-state index in [1.807, 2.05) is 0 Å². The molecule has 1 aliphatic heterocycles. The lowest BCUT2D eigenvalue weighted by Crippen LogP contribution is -2.26. The van der Waals surface area contributed by atoms with Gasteiger partial charge < -0.3 is 5.31 Å². The van der Waals surface area contributed by atoms with Crippen LogP contribution in [-0.4, -0.2) is 6.52 Å². The highest BCUT2D eigenvalue weighted by Crippen LogP contribution is 2.21. The van der Waals surface area contributed by atoms with Crippen LogP contribution >= 0.6 is 0 Å². The number of hydrogen-bond acceptors (Lipinski definition) is 1. The van der Waals surface area contributed by atoms with Crippen molar-refractivity contribution in [2.75, 3.05) is 6.52 Å². The molecule has 1 aliphatic rings. The smallest absolute Gasteiger partial charge is 0.123 e. The maximum absolute atomic E-state index is 8.37. The normalized spacial score (nSPS) is 61.3. The third-order valence-electron chi connectivity index (χ3n) is 1.56. The van der Waals surface area contributed by atoms with Gasteiger partial charge in [-0.25, -0.2) is 0 Å². The van der Waals surface area contributed by atoms with E-state index in [9.17, 15) is 0 Å². The van der Waals surface area contributed by atoms with E-state index in [4.69, 9.17) is 12.4 Å². The first kappa shape index (κ1) is 2.58. The van der Waals surface area contributed by atoms with Crippen LogP contribution in [0.15, 0.2) is 30.3 Å². The molecule has 0 radical (unpaired) electrons. The summed E-state index contributed by atoms with van der Waals surface area (Å²) in [6, 6.07) is 4.88. The molecule has 0 saturated carbocycles. The summed E-state index contributed by atoms with van der Waals surface area (Å²) in [5, 5.41) is 0.198. The quantitative estimate of drug-likeness (QED) is 0.683. The monoisotopic (exact) mass is 170 g/mol. The predicted molar refractivity (Wildman–Crippen MR) is 51.0 cm³/mol. The van der Waals surface area contributed by atoms with E-state index in [-0.39, 0.29) is 10.9 Å². The van der Waals surface area contributed by atoms with Crippen LogP contribution in [0.4, 0.5) is 0 Å². The molecule has 1 heteroatoms. The van der Waals surface area contributed by atoms with Crippen LogP contribution in [0.3, 0.4) is 0 Å². The van der Waals surface area contributed by atoms with Crippen molar-refractivity contribution in [1.82, 2.24) is 5.31 Å². The first-order chi connectivity index (χ1) is 9.42. The highest BCUT2D eigenvalue weighted by molar-refractivity contribution is 5.19.